The third-order valence-corrected chi connectivity index (χ3v) is 6.44. The highest BCUT2D eigenvalue weighted by atomic mass is 19.1. The predicted molar refractivity (Wildman–Crippen MR) is 142 cm³/mol. The Bertz CT molecular complexity index is 1730. The molecule has 5 heterocycles. The first-order valence-electron chi connectivity index (χ1n) is 12.1. The van der Waals surface area contributed by atoms with Gasteiger partial charge in [0.25, 0.3) is 5.56 Å². The van der Waals surface area contributed by atoms with E-state index in [1.165, 1.54) is 22.0 Å². The molecule has 11 heteroatoms. The molecule has 0 radical (unpaired) electrons. The molecule has 0 atom stereocenters. The third-order valence-electron chi connectivity index (χ3n) is 6.44. The quantitative estimate of drug-likeness (QED) is 0.347. The van der Waals surface area contributed by atoms with E-state index in [1.54, 1.807) is 29.0 Å². The number of anilines is 2. The fraction of sp³-hybridized carbons (Fsp3) is 0.185. The molecule has 0 aliphatic carbocycles. The van der Waals surface area contributed by atoms with Crippen molar-refractivity contribution in [3.63, 3.8) is 0 Å². The van der Waals surface area contributed by atoms with E-state index in [0.717, 1.165) is 37.6 Å². The first-order valence-corrected chi connectivity index (χ1v) is 12.1. The van der Waals surface area contributed by atoms with Crippen LogP contribution in [0.2, 0.25) is 0 Å². The van der Waals surface area contributed by atoms with Gasteiger partial charge in [-0.15, -0.1) is 6.58 Å². The average molecular weight is 510 g/mol. The largest absolute Gasteiger partial charge is 0.324 e. The number of allylic oxidation sites excluding steroid dienone is 1. The molecule has 10 nitrogen and oxygen atoms in total. The van der Waals surface area contributed by atoms with Crippen LogP contribution >= 0.6 is 0 Å². The number of nitrogens with one attached hydrogen (secondary N) is 1. The van der Waals surface area contributed by atoms with Gasteiger partial charge < -0.3 is 10.2 Å². The molecule has 1 aliphatic rings. The smallest absolute Gasteiger partial charge is 0.278 e. The van der Waals surface area contributed by atoms with Gasteiger partial charge in [0.15, 0.2) is 23.1 Å². The fourth-order valence-corrected chi connectivity index (χ4v) is 4.62. The molecule has 0 saturated heterocycles. The number of fused-ring (bicyclic) bond motifs is 2. The summed E-state index contributed by atoms with van der Waals surface area (Å²) in [6.07, 6.45) is 6.29. The lowest BCUT2D eigenvalue weighted by molar-refractivity contribution is 0.313. The minimum absolute atomic E-state index is 0.232. The average Bonchev–Trinajstić information content (AvgIpc) is 3.20. The van der Waals surface area contributed by atoms with Crippen LogP contribution in [0, 0.1) is 5.82 Å². The van der Waals surface area contributed by atoms with Crippen LogP contribution in [0.5, 0.6) is 0 Å². The highest BCUT2D eigenvalue weighted by Crippen LogP contribution is 2.24. The highest BCUT2D eigenvalue weighted by Gasteiger charge is 2.19. The maximum atomic E-state index is 13.3. The molecule has 6 rings (SSSR count). The van der Waals surface area contributed by atoms with Gasteiger partial charge in [0, 0.05) is 25.0 Å². The SMILES string of the molecule is C=CCn1c(=O)c2cnc(Nc3ccc4c(c3)CCN(C)C4)nc2n1-c1cccc(-c2ncc(F)cn2)n1. The number of likely N-dealkylation sites (N-methyl/N-ethyl adjacent to an activating group) is 1. The number of pyridine rings is 1. The van der Waals surface area contributed by atoms with Crippen LogP contribution in [0.3, 0.4) is 0 Å². The van der Waals surface area contributed by atoms with E-state index in [4.69, 9.17) is 4.98 Å². The molecule has 4 aromatic heterocycles. The summed E-state index contributed by atoms with van der Waals surface area (Å²) in [5.74, 6) is 0.502. The molecular weight excluding hydrogens is 485 g/mol. The summed E-state index contributed by atoms with van der Waals surface area (Å²) in [5.41, 5.74) is 4.03. The van der Waals surface area contributed by atoms with Gasteiger partial charge >= 0.3 is 0 Å². The number of benzene rings is 1. The van der Waals surface area contributed by atoms with Crippen molar-refractivity contribution < 1.29 is 4.39 Å². The molecule has 0 spiro atoms. The fourth-order valence-electron chi connectivity index (χ4n) is 4.62. The lowest BCUT2D eigenvalue weighted by Crippen LogP contribution is -2.26. The molecule has 0 saturated carbocycles. The Balaban J connectivity index is 1.43. The summed E-state index contributed by atoms with van der Waals surface area (Å²) in [6, 6.07) is 11.5. The van der Waals surface area contributed by atoms with Crippen molar-refractivity contribution in [2.24, 2.45) is 0 Å². The van der Waals surface area contributed by atoms with E-state index >= 15 is 0 Å². The molecule has 1 aromatic carbocycles. The van der Waals surface area contributed by atoms with E-state index in [-0.39, 0.29) is 17.9 Å². The second-order valence-corrected chi connectivity index (χ2v) is 9.12. The van der Waals surface area contributed by atoms with Gasteiger partial charge in [-0.1, -0.05) is 18.2 Å². The highest BCUT2D eigenvalue weighted by molar-refractivity contribution is 5.77. The summed E-state index contributed by atoms with van der Waals surface area (Å²) in [6.45, 7) is 5.96. The Labute approximate surface area is 217 Å². The number of rotatable bonds is 6. The second kappa shape index (κ2) is 9.60. The topological polar surface area (TPSA) is 107 Å². The van der Waals surface area contributed by atoms with Gasteiger partial charge in [-0.05, 0) is 48.9 Å². The second-order valence-electron chi connectivity index (χ2n) is 9.12. The van der Waals surface area contributed by atoms with Crippen LogP contribution in [0.15, 0.2) is 72.4 Å². The van der Waals surface area contributed by atoms with Crippen molar-refractivity contribution in [1.29, 1.82) is 0 Å². The van der Waals surface area contributed by atoms with E-state index < -0.39 is 5.82 Å². The molecule has 0 bridgehead atoms. The zero-order chi connectivity index (χ0) is 26.2. The van der Waals surface area contributed by atoms with Gasteiger partial charge in [0.1, 0.15) is 11.1 Å². The molecule has 0 unspecified atom stereocenters. The van der Waals surface area contributed by atoms with Crippen LogP contribution in [-0.4, -0.2) is 52.8 Å². The van der Waals surface area contributed by atoms with Crippen molar-refractivity contribution in [2.45, 2.75) is 19.5 Å². The minimum Gasteiger partial charge on any atom is -0.324 e. The number of aromatic nitrogens is 7. The van der Waals surface area contributed by atoms with Gasteiger partial charge in [0.05, 0.1) is 18.9 Å². The zero-order valence-corrected chi connectivity index (χ0v) is 20.7. The molecule has 5 aromatic rings. The summed E-state index contributed by atoms with van der Waals surface area (Å²) in [5, 5.41) is 3.63. The Morgan fingerprint density at radius 1 is 1.08 bits per heavy atom. The third kappa shape index (κ3) is 4.33. The Hall–Kier alpha value is -4.77. The number of nitrogens with zero attached hydrogens (tertiary/aromatic N) is 8. The van der Waals surface area contributed by atoms with Gasteiger partial charge in [-0.2, -0.15) is 4.98 Å². The lowest BCUT2D eigenvalue weighted by atomic mass is 9.99. The molecular formula is C27H24FN9O. The Morgan fingerprint density at radius 3 is 2.74 bits per heavy atom. The summed E-state index contributed by atoms with van der Waals surface area (Å²) < 4.78 is 16.5. The van der Waals surface area contributed by atoms with Gasteiger partial charge in [-0.25, -0.2) is 33.7 Å². The molecule has 1 N–H and O–H groups in total. The summed E-state index contributed by atoms with van der Waals surface area (Å²) in [7, 11) is 2.12. The van der Waals surface area contributed by atoms with Crippen molar-refractivity contribution in [3.05, 3.63) is 94.9 Å². The maximum absolute atomic E-state index is 13.3. The Kier molecular flexibility index (Phi) is 5.97. The maximum Gasteiger partial charge on any atom is 0.278 e. The summed E-state index contributed by atoms with van der Waals surface area (Å²) >= 11 is 0. The van der Waals surface area contributed by atoms with Gasteiger partial charge in [0.2, 0.25) is 5.95 Å². The number of hydrogen-bond donors (Lipinski definition) is 1. The van der Waals surface area contributed by atoms with Crippen LogP contribution in [0.4, 0.5) is 16.0 Å². The van der Waals surface area contributed by atoms with E-state index in [9.17, 15) is 9.18 Å². The van der Waals surface area contributed by atoms with E-state index in [0.29, 0.717) is 28.5 Å². The van der Waals surface area contributed by atoms with Gasteiger partial charge in [-0.3, -0.25) is 4.79 Å². The van der Waals surface area contributed by atoms with Crippen LogP contribution in [-0.2, 0) is 19.5 Å². The first-order chi connectivity index (χ1) is 18.5. The number of halogens is 1. The molecule has 190 valence electrons. The predicted octanol–water partition coefficient (Wildman–Crippen LogP) is 3.49. The first kappa shape index (κ1) is 23.6. The molecule has 0 amide bonds. The Morgan fingerprint density at radius 2 is 1.92 bits per heavy atom. The zero-order valence-electron chi connectivity index (χ0n) is 20.7. The standard InChI is InChI=1S/C27H24FN9O/c1-3-10-36-26(38)21-15-31-27(32-20-8-7-18-16-35(2)11-9-17(18)12-20)34-25(21)37(36)23-6-4-5-22(33-23)24-29-13-19(28)14-30-24/h3-8,12-15H,1,9-11,16H2,2H3,(H,31,32,34). The van der Waals surface area contributed by atoms with Crippen molar-refractivity contribution in [2.75, 3.05) is 18.9 Å². The summed E-state index contributed by atoms with van der Waals surface area (Å²) in [4.78, 5) is 37.4. The van der Waals surface area contributed by atoms with Crippen molar-refractivity contribution in [3.8, 4) is 17.3 Å². The monoisotopic (exact) mass is 509 g/mol. The normalized spacial score (nSPS) is 13.4. The number of hydrogen-bond acceptors (Lipinski definition) is 8. The van der Waals surface area contributed by atoms with Crippen LogP contribution < -0.4 is 10.9 Å². The lowest BCUT2D eigenvalue weighted by Gasteiger charge is -2.25. The van der Waals surface area contributed by atoms with E-state index in [1.807, 2.05) is 6.07 Å². The van der Waals surface area contributed by atoms with E-state index in [2.05, 4.69) is 55.9 Å². The van der Waals surface area contributed by atoms with Crippen molar-refractivity contribution >= 4 is 22.7 Å². The molecule has 1 aliphatic heterocycles. The van der Waals surface area contributed by atoms with Crippen molar-refractivity contribution in [1.82, 2.24) is 39.2 Å². The van der Waals surface area contributed by atoms with Crippen LogP contribution in [0.1, 0.15) is 11.1 Å². The van der Waals surface area contributed by atoms with Crippen LogP contribution in [0.25, 0.3) is 28.4 Å². The molecule has 38 heavy (non-hydrogen) atoms. The molecule has 0 fully saturated rings. The minimum atomic E-state index is -0.538.